The Bertz CT molecular complexity index is 596. The molecule has 2 aliphatic rings. The van der Waals surface area contributed by atoms with E-state index in [9.17, 15) is 9.59 Å². The topological polar surface area (TPSA) is 43.4 Å². The van der Waals surface area contributed by atoms with E-state index in [2.05, 4.69) is 0 Å². The summed E-state index contributed by atoms with van der Waals surface area (Å²) >= 11 is 0. The lowest BCUT2D eigenvalue weighted by Crippen LogP contribution is -2.35. The van der Waals surface area contributed by atoms with E-state index in [0.717, 1.165) is 0 Å². The molecule has 90 valence electrons. The number of rotatable bonds is 1. The SMILES string of the molecule is COc1ccc2c(c1)C(=O)[C@@H]1C=CC=C[C@H]1C2=O. The van der Waals surface area contributed by atoms with Gasteiger partial charge in [0.1, 0.15) is 5.75 Å². The van der Waals surface area contributed by atoms with Crippen LogP contribution < -0.4 is 4.74 Å². The van der Waals surface area contributed by atoms with Gasteiger partial charge in [-0.05, 0) is 18.2 Å². The predicted molar refractivity (Wildman–Crippen MR) is 66.9 cm³/mol. The standard InChI is InChI=1S/C15H12O3/c1-18-9-6-7-12-13(8-9)15(17)11-5-3-2-4-10(11)14(12)16/h2-8,10-11H,1H3/t10-,11-/m1/s1. The molecule has 0 spiro atoms. The summed E-state index contributed by atoms with van der Waals surface area (Å²) < 4.78 is 5.10. The van der Waals surface area contributed by atoms with Crippen LogP contribution in [0.15, 0.2) is 42.5 Å². The lowest BCUT2D eigenvalue weighted by Gasteiger charge is -2.28. The fourth-order valence-electron chi connectivity index (χ4n) is 2.54. The third-order valence-corrected chi connectivity index (χ3v) is 3.50. The lowest BCUT2D eigenvalue weighted by atomic mass is 9.72. The van der Waals surface area contributed by atoms with E-state index in [1.807, 2.05) is 12.2 Å². The molecule has 2 atom stereocenters. The highest BCUT2D eigenvalue weighted by atomic mass is 16.5. The van der Waals surface area contributed by atoms with Crippen LogP contribution in [0.3, 0.4) is 0 Å². The van der Waals surface area contributed by atoms with Crippen molar-refractivity contribution in [2.45, 2.75) is 0 Å². The number of fused-ring (bicyclic) bond motifs is 2. The van der Waals surface area contributed by atoms with Gasteiger partial charge in [0.05, 0.1) is 18.9 Å². The Hall–Kier alpha value is -2.16. The van der Waals surface area contributed by atoms with Gasteiger partial charge in [0.15, 0.2) is 11.6 Å². The zero-order valence-electron chi connectivity index (χ0n) is 9.92. The van der Waals surface area contributed by atoms with Crippen LogP contribution >= 0.6 is 0 Å². The zero-order chi connectivity index (χ0) is 12.7. The fourth-order valence-corrected chi connectivity index (χ4v) is 2.54. The predicted octanol–water partition coefficient (Wildman–Crippen LogP) is 2.43. The molecule has 18 heavy (non-hydrogen) atoms. The Kier molecular flexibility index (Phi) is 2.40. The van der Waals surface area contributed by atoms with Gasteiger partial charge in [0.2, 0.25) is 0 Å². The van der Waals surface area contributed by atoms with Crippen molar-refractivity contribution in [3.05, 3.63) is 53.6 Å². The zero-order valence-corrected chi connectivity index (χ0v) is 9.92. The first-order valence-electron chi connectivity index (χ1n) is 5.84. The molecule has 1 aromatic carbocycles. The second kappa shape index (κ2) is 3.95. The Morgan fingerprint density at radius 3 is 2.17 bits per heavy atom. The third kappa shape index (κ3) is 1.44. The molecule has 3 rings (SSSR count). The molecule has 0 radical (unpaired) electrons. The number of carbonyl (C=O) groups is 2. The van der Waals surface area contributed by atoms with E-state index in [0.29, 0.717) is 16.9 Å². The van der Waals surface area contributed by atoms with E-state index in [1.165, 1.54) is 0 Å². The summed E-state index contributed by atoms with van der Waals surface area (Å²) in [6, 6.07) is 5.04. The monoisotopic (exact) mass is 240 g/mol. The highest BCUT2D eigenvalue weighted by molar-refractivity contribution is 6.17. The Balaban J connectivity index is 2.17. The van der Waals surface area contributed by atoms with Crippen LogP contribution in [0.5, 0.6) is 5.75 Å². The van der Waals surface area contributed by atoms with Gasteiger partial charge >= 0.3 is 0 Å². The van der Waals surface area contributed by atoms with E-state index in [4.69, 9.17) is 4.74 Å². The van der Waals surface area contributed by atoms with Crippen LogP contribution in [0.25, 0.3) is 0 Å². The van der Waals surface area contributed by atoms with Gasteiger partial charge in [0.25, 0.3) is 0 Å². The number of methoxy groups -OCH3 is 1. The summed E-state index contributed by atoms with van der Waals surface area (Å²) in [6.07, 6.45) is 7.24. The van der Waals surface area contributed by atoms with Crippen LogP contribution in [-0.4, -0.2) is 18.7 Å². The van der Waals surface area contributed by atoms with Crippen molar-refractivity contribution in [3.63, 3.8) is 0 Å². The van der Waals surface area contributed by atoms with Crippen molar-refractivity contribution in [1.29, 1.82) is 0 Å². The second-order valence-electron chi connectivity index (χ2n) is 4.46. The molecule has 3 heteroatoms. The number of hydrogen-bond acceptors (Lipinski definition) is 3. The molecule has 0 N–H and O–H groups in total. The summed E-state index contributed by atoms with van der Waals surface area (Å²) in [7, 11) is 1.54. The normalized spacial score (nSPS) is 24.7. The Labute approximate surface area is 105 Å². The average molecular weight is 240 g/mol. The number of ketones is 2. The molecule has 0 unspecified atom stereocenters. The molecular weight excluding hydrogens is 228 g/mol. The van der Waals surface area contributed by atoms with Crippen LogP contribution in [0.4, 0.5) is 0 Å². The van der Waals surface area contributed by atoms with Gasteiger partial charge in [-0.25, -0.2) is 0 Å². The van der Waals surface area contributed by atoms with Crippen molar-refractivity contribution >= 4 is 11.6 Å². The van der Waals surface area contributed by atoms with Gasteiger partial charge in [-0.1, -0.05) is 24.3 Å². The first-order chi connectivity index (χ1) is 8.72. The molecule has 0 aliphatic heterocycles. The molecule has 0 heterocycles. The minimum Gasteiger partial charge on any atom is -0.497 e. The minimum atomic E-state index is -0.359. The number of hydrogen-bond donors (Lipinski definition) is 0. The summed E-state index contributed by atoms with van der Waals surface area (Å²) in [5.41, 5.74) is 0.975. The van der Waals surface area contributed by atoms with Crippen LogP contribution in [0.2, 0.25) is 0 Å². The summed E-state index contributed by atoms with van der Waals surface area (Å²) in [4.78, 5) is 24.7. The van der Waals surface area contributed by atoms with Gasteiger partial charge in [0, 0.05) is 11.1 Å². The van der Waals surface area contributed by atoms with Gasteiger partial charge < -0.3 is 4.74 Å². The maximum atomic E-state index is 12.4. The summed E-state index contributed by atoms with van der Waals surface area (Å²) in [5.74, 6) is -0.0962. The molecule has 0 amide bonds. The van der Waals surface area contributed by atoms with Crippen molar-refractivity contribution in [1.82, 2.24) is 0 Å². The highest BCUT2D eigenvalue weighted by Gasteiger charge is 2.39. The van der Waals surface area contributed by atoms with Crippen LogP contribution in [0, 0.1) is 11.8 Å². The largest absolute Gasteiger partial charge is 0.497 e. The molecule has 1 aromatic rings. The lowest BCUT2D eigenvalue weighted by molar-refractivity contribution is 0.0801. The van der Waals surface area contributed by atoms with Crippen molar-refractivity contribution < 1.29 is 14.3 Å². The molecule has 0 aromatic heterocycles. The highest BCUT2D eigenvalue weighted by Crippen LogP contribution is 2.35. The van der Waals surface area contributed by atoms with E-state index < -0.39 is 0 Å². The number of allylic oxidation sites excluding steroid dienone is 4. The maximum absolute atomic E-state index is 12.4. The Morgan fingerprint density at radius 2 is 1.56 bits per heavy atom. The average Bonchev–Trinajstić information content (AvgIpc) is 2.44. The molecular formula is C15H12O3. The second-order valence-corrected chi connectivity index (χ2v) is 4.46. The molecule has 0 bridgehead atoms. The van der Waals surface area contributed by atoms with E-state index in [1.54, 1.807) is 37.5 Å². The van der Waals surface area contributed by atoms with E-state index in [-0.39, 0.29) is 23.4 Å². The van der Waals surface area contributed by atoms with Gasteiger partial charge in [-0.2, -0.15) is 0 Å². The number of ether oxygens (including phenoxy) is 1. The first kappa shape index (κ1) is 11.0. The van der Waals surface area contributed by atoms with E-state index >= 15 is 0 Å². The van der Waals surface area contributed by atoms with Crippen molar-refractivity contribution in [3.8, 4) is 5.75 Å². The molecule has 2 aliphatic carbocycles. The maximum Gasteiger partial charge on any atom is 0.171 e. The van der Waals surface area contributed by atoms with Crippen molar-refractivity contribution in [2.24, 2.45) is 11.8 Å². The molecule has 0 saturated carbocycles. The number of carbonyl (C=O) groups excluding carboxylic acids is 2. The van der Waals surface area contributed by atoms with Gasteiger partial charge in [-0.3, -0.25) is 9.59 Å². The summed E-state index contributed by atoms with van der Waals surface area (Å²) in [6.45, 7) is 0. The number of Topliss-reactive ketones (excluding diaryl/α,β-unsaturated/α-hetero) is 2. The quantitative estimate of drug-likeness (QED) is 0.757. The molecule has 0 fully saturated rings. The molecule has 0 saturated heterocycles. The summed E-state index contributed by atoms with van der Waals surface area (Å²) in [5, 5.41) is 0. The van der Waals surface area contributed by atoms with Crippen molar-refractivity contribution in [2.75, 3.05) is 7.11 Å². The van der Waals surface area contributed by atoms with Crippen LogP contribution in [-0.2, 0) is 0 Å². The Morgan fingerprint density at radius 1 is 0.944 bits per heavy atom. The van der Waals surface area contributed by atoms with Crippen LogP contribution in [0.1, 0.15) is 20.7 Å². The smallest absolute Gasteiger partial charge is 0.171 e. The minimum absolute atomic E-state index is 0.00546. The third-order valence-electron chi connectivity index (χ3n) is 3.50. The van der Waals surface area contributed by atoms with Gasteiger partial charge in [-0.15, -0.1) is 0 Å². The molecule has 3 nitrogen and oxygen atoms in total. The first-order valence-corrected chi connectivity index (χ1v) is 5.84. The number of benzene rings is 1. The fraction of sp³-hybridized carbons (Fsp3) is 0.200.